The zero-order valence-corrected chi connectivity index (χ0v) is 12.5. The van der Waals surface area contributed by atoms with Crippen LogP contribution < -0.4 is 5.73 Å². The quantitative estimate of drug-likeness (QED) is 0.631. The fourth-order valence-electron chi connectivity index (χ4n) is 2.48. The van der Waals surface area contributed by atoms with Crippen molar-refractivity contribution in [2.45, 2.75) is 6.54 Å². The summed E-state index contributed by atoms with van der Waals surface area (Å²) >= 11 is 1.64. The Balaban J connectivity index is 1.94. The second-order valence-corrected chi connectivity index (χ2v) is 5.73. The van der Waals surface area contributed by atoms with Crippen molar-refractivity contribution in [3.05, 3.63) is 59.0 Å². The largest absolute Gasteiger partial charge is 0.382 e. The lowest BCUT2D eigenvalue weighted by Crippen LogP contribution is -2.03. The van der Waals surface area contributed by atoms with E-state index in [1.807, 2.05) is 23.6 Å². The summed E-state index contributed by atoms with van der Waals surface area (Å²) in [6.45, 7) is 0.693. The van der Waals surface area contributed by atoms with Gasteiger partial charge in [0.25, 0.3) is 0 Å². The third kappa shape index (κ3) is 2.14. The van der Waals surface area contributed by atoms with Gasteiger partial charge in [-0.2, -0.15) is 11.3 Å². The van der Waals surface area contributed by atoms with Crippen LogP contribution in [0.4, 0.5) is 5.82 Å². The maximum atomic E-state index is 5.96. The first-order valence-electron chi connectivity index (χ1n) is 6.86. The van der Waals surface area contributed by atoms with Crippen LogP contribution in [0.2, 0.25) is 0 Å². The van der Waals surface area contributed by atoms with E-state index in [1.54, 1.807) is 11.3 Å². The molecule has 4 rings (SSSR count). The lowest BCUT2D eigenvalue weighted by atomic mass is 10.2. The Hall–Kier alpha value is -2.73. The number of nitrogens with two attached hydrogens (primary N) is 1. The van der Waals surface area contributed by atoms with Crippen LogP contribution in [0.3, 0.4) is 0 Å². The van der Waals surface area contributed by atoms with Crippen LogP contribution in [-0.4, -0.2) is 19.5 Å². The minimum absolute atomic E-state index is 0.410. The first-order chi connectivity index (χ1) is 10.8. The van der Waals surface area contributed by atoms with E-state index in [1.165, 1.54) is 11.9 Å². The number of hydrogen-bond acceptors (Lipinski definition) is 5. The van der Waals surface area contributed by atoms with Crippen molar-refractivity contribution in [3.8, 4) is 11.4 Å². The summed E-state index contributed by atoms with van der Waals surface area (Å²) in [5, 5.41) is 4.11. The summed E-state index contributed by atoms with van der Waals surface area (Å²) in [4.78, 5) is 13.1. The number of thiophene rings is 1. The fourth-order valence-corrected chi connectivity index (χ4v) is 3.12. The molecule has 0 unspecified atom stereocenters. The number of rotatable bonds is 3. The van der Waals surface area contributed by atoms with E-state index in [0.29, 0.717) is 17.9 Å². The fraction of sp³-hybridized carbons (Fsp3) is 0.0625. The van der Waals surface area contributed by atoms with Gasteiger partial charge in [0.2, 0.25) is 0 Å². The molecule has 0 aliphatic heterocycles. The highest BCUT2D eigenvalue weighted by Gasteiger charge is 2.16. The second kappa shape index (κ2) is 5.23. The molecule has 3 aromatic heterocycles. The molecular weight excluding hydrogens is 294 g/mol. The average Bonchev–Trinajstić information content (AvgIpc) is 3.17. The molecule has 5 nitrogen and oxygen atoms in total. The number of anilines is 1. The smallest absolute Gasteiger partial charge is 0.166 e. The highest BCUT2D eigenvalue weighted by molar-refractivity contribution is 7.08. The molecule has 0 fully saturated rings. The molecule has 0 aliphatic rings. The first-order valence-corrected chi connectivity index (χ1v) is 7.80. The number of nitrogen functional groups attached to an aromatic ring is 1. The van der Waals surface area contributed by atoms with Gasteiger partial charge in [-0.05, 0) is 17.0 Å². The maximum absolute atomic E-state index is 5.96. The molecule has 0 saturated carbocycles. The van der Waals surface area contributed by atoms with Crippen molar-refractivity contribution in [2.24, 2.45) is 0 Å². The zero-order chi connectivity index (χ0) is 14.9. The van der Waals surface area contributed by atoms with Crippen LogP contribution >= 0.6 is 11.3 Å². The van der Waals surface area contributed by atoms with Crippen LogP contribution in [0.5, 0.6) is 0 Å². The van der Waals surface area contributed by atoms with Crippen molar-refractivity contribution in [3.63, 3.8) is 0 Å². The molecule has 22 heavy (non-hydrogen) atoms. The van der Waals surface area contributed by atoms with E-state index in [9.17, 15) is 0 Å². The van der Waals surface area contributed by atoms with Gasteiger partial charge in [-0.3, -0.25) is 0 Å². The van der Waals surface area contributed by atoms with Gasteiger partial charge >= 0.3 is 0 Å². The Kier molecular flexibility index (Phi) is 3.08. The van der Waals surface area contributed by atoms with E-state index >= 15 is 0 Å². The molecule has 0 saturated heterocycles. The monoisotopic (exact) mass is 307 g/mol. The second-order valence-electron chi connectivity index (χ2n) is 4.95. The van der Waals surface area contributed by atoms with Crippen molar-refractivity contribution in [1.82, 2.24) is 19.5 Å². The summed E-state index contributed by atoms with van der Waals surface area (Å²) < 4.78 is 2.09. The molecular formula is C16H13N5S. The number of imidazole rings is 1. The SMILES string of the molecule is Nc1ncnc2c1nc(-c1ccsc1)n2Cc1ccccc1. The van der Waals surface area contributed by atoms with Gasteiger partial charge in [-0.1, -0.05) is 30.3 Å². The van der Waals surface area contributed by atoms with E-state index < -0.39 is 0 Å². The Labute approximate surface area is 131 Å². The standard InChI is InChI=1S/C16H13N5S/c17-14-13-16(19-10-18-14)21(8-11-4-2-1-3-5-11)15(20-13)12-6-7-22-9-12/h1-7,9-10H,8H2,(H2,17,18,19). The van der Waals surface area contributed by atoms with Gasteiger partial charge < -0.3 is 10.3 Å². The molecule has 4 aromatic rings. The Bertz CT molecular complexity index is 913. The van der Waals surface area contributed by atoms with Crippen LogP contribution in [0.25, 0.3) is 22.6 Å². The zero-order valence-electron chi connectivity index (χ0n) is 11.7. The molecule has 3 heterocycles. The van der Waals surface area contributed by atoms with Crippen molar-refractivity contribution in [1.29, 1.82) is 0 Å². The number of fused-ring (bicyclic) bond motifs is 1. The first kappa shape index (κ1) is 13.0. The van der Waals surface area contributed by atoms with Gasteiger partial charge in [0, 0.05) is 10.9 Å². The summed E-state index contributed by atoms with van der Waals surface area (Å²) in [7, 11) is 0. The Morgan fingerprint density at radius 3 is 2.73 bits per heavy atom. The third-order valence-electron chi connectivity index (χ3n) is 3.52. The number of benzene rings is 1. The average molecular weight is 307 g/mol. The van der Waals surface area contributed by atoms with Crippen LogP contribution in [0, 0.1) is 0 Å². The van der Waals surface area contributed by atoms with Crippen molar-refractivity contribution < 1.29 is 0 Å². The highest BCUT2D eigenvalue weighted by atomic mass is 32.1. The Morgan fingerprint density at radius 2 is 1.95 bits per heavy atom. The van der Waals surface area contributed by atoms with E-state index in [0.717, 1.165) is 17.0 Å². The van der Waals surface area contributed by atoms with E-state index in [2.05, 4.69) is 43.1 Å². The van der Waals surface area contributed by atoms with E-state index in [4.69, 9.17) is 5.73 Å². The summed E-state index contributed by atoms with van der Waals surface area (Å²) in [5.41, 5.74) is 9.63. The lowest BCUT2D eigenvalue weighted by Gasteiger charge is -2.07. The maximum Gasteiger partial charge on any atom is 0.166 e. The van der Waals surface area contributed by atoms with Gasteiger partial charge in [-0.15, -0.1) is 0 Å². The van der Waals surface area contributed by atoms with E-state index in [-0.39, 0.29) is 0 Å². The number of aromatic nitrogens is 4. The van der Waals surface area contributed by atoms with Gasteiger partial charge in [0.1, 0.15) is 12.2 Å². The molecule has 0 atom stereocenters. The van der Waals surface area contributed by atoms with Crippen molar-refractivity contribution >= 4 is 28.3 Å². The summed E-state index contributed by atoms with van der Waals surface area (Å²) in [5.74, 6) is 1.28. The molecule has 1 aromatic carbocycles. The molecule has 0 aliphatic carbocycles. The summed E-state index contributed by atoms with van der Waals surface area (Å²) in [6.07, 6.45) is 1.48. The van der Waals surface area contributed by atoms with Gasteiger partial charge in [-0.25, -0.2) is 15.0 Å². The third-order valence-corrected chi connectivity index (χ3v) is 4.21. The van der Waals surface area contributed by atoms with Gasteiger partial charge in [0.15, 0.2) is 17.0 Å². The summed E-state index contributed by atoms with van der Waals surface area (Å²) in [6, 6.07) is 12.3. The molecule has 108 valence electrons. The molecule has 2 N–H and O–H groups in total. The van der Waals surface area contributed by atoms with Gasteiger partial charge in [0.05, 0.1) is 6.54 Å². The molecule has 6 heteroatoms. The number of nitrogens with zero attached hydrogens (tertiary/aromatic N) is 4. The van der Waals surface area contributed by atoms with Crippen molar-refractivity contribution in [2.75, 3.05) is 5.73 Å². The van der Waals surface area contributed by atoms with Crippen LogP contribution in [-0.2, 0) is 6.54 Å². The lowest BCUT2D eigenvalue weighted by molar-refractivity contribution is 0.823. The predicted molar refractivity (Wildman–Crippen MR) is 88.6 cm³/mol. The minimum atomic E-state index is 0.410. The minimum Gasteiger partial charge on any atom is -0.382 e. The molecule has 0 radical (unpaired) electrons. The van der Waals surface area contributed by atoms with Crippen LogP contribution in [0.1, 0.15) is 5.56 Å². The predicted octanol–water partition coefficient (Wildman–Crippen LogP) is 3.19. The molecule has 0 amide bonds. The Morgan fingerprint density at radius 1 is 1.09 bits per heavy atom. The topological polar surface area (TPSA) is 69.6 Å². The number of hydrogen-bond donors (Lipinski definition) is 1. The molecule has 0 spiro atoms. The normalized spacial score (nSPS) is 11.1. The highest BCUT2D eigenvalue weighted by Crippen LogP contribution is 2.27. The molecule has 0 bridgehead atoms. The van der Waals surface area contributed by atoms with Crippen LogP contribution in [0.15, 0.2) is 53.5 Å².